The van der Waals surface area contributed by atoms with Gasteiger partial charge in [-0.05, 0) is 26.2 Å². The van der Waals surface area contributed by atoms with Crippen LogP contribution in [0, 0.1) is 5.92 Å². The smallest absolute Gasteiger partial charge is 0.223 e. The lowest BCUT2D eigenvalue weighted by Gasteiger charge is -2.33. The molecular formula is C11H21NO. The Morgan fingerprint density at radius 2 is 2.15 bits per heavy atom. The zero-order valence-corrected chi connectivity index (χ0v) is 9.26. The number of carbonyl (C=O) groups is 1. The van der Waals surface area contributed by atoms with E-state index in [-0.39, 0.29) is 5.54 Å². The summed E-state index contributed by atoms with van der Waals surface area (Å²) < 4.78 is 0. The molecule has 0 spiro atoms. The Bertz CT molecular complexity index is 198. The molecule has 1 saturated heterocycles. The van der Waals surface area contributed by atoms with Gasteiger partial charge in [-0.1, -0.05) is 19.8 Å². The van der Waals surface area contributed by atoms with E-state index in [9.17, 15) is 4.79 Å². The molecule has 1 atom stereocenters. The molecule has 0 aromatic rings. The van der Waals surface area contributed by atoms with E-state index in [0.29, 0.717) is 11.8 Å². The van der Waals surface area contributed by atoms with Crippen molar-refractivity contribution in [2.24, 2.45) is 5.92 Å². The molecule has 1 aliphatic heterocycles. The molecule has 1 rings (SSSR count). The molecular weight excluding hydrogens is 162 g/mol. The minimum Gasteiger partial charge on any atom is -0.340 e. The highest BCUT2D eigenvalue weighted by atomic mass is 16.2. The third-order valence-electron chi connectivity index (χ3n) is 3.56. The largest absolute Gasteiger partial charge is 0.340 e. The maximum Gasteiger partial charge on any atom is 0.223 e. The molecule has 1 aliphatic rings. The van der Waals surface area contributed by atoms with E-state index in [2.05, 4.69) is 20.8 Å². The highest BCUT2D eigenvalue weighted by Crippen LogP contribution is 2.37. The molecule has 1 heterocycles. The topological polar surface area (TPSA) is 20.3 Å². The number of likely N-dealkylation sites (tertiary alicyclic amines) is 1. The van der Waals surface area contributed by atoms with Gasteiger partial charge in [0.25, 0.3) is 0 Å². The highest BCUT2D eigenvalue weighted by Gasteiger charge is 2.43. The number of hydrogen-bond donors (Lipinski definition) is 0. The lowest BCUT2D eigenvalue weighted by molar-refractivity contribution is -0.128. The van der Waals surface area contributed by atoms with Crippen LogP contribution in [-0.4, -0.2) is 23.4 Å². The summed E-state index contributed by atoms with van der Waals surface area (Å²) >= 11 is 0. The fourth-order valence-corrected chi connectivity index (χ4v) is 2.10. The van der Waals surface area contributed by atoms with E-state index in [0.717, 1.165) is 6.42 Å². The number of hydrogen-bond acceptors (Lipinski definition) is 1. The number of unbranched alkanes of at least 4 members (excludes halogenated alkanes) is 1. The highest BCUT2D eigenvalue weighted by molar-refractivity contribution is 5.79. The van der Waals surface area contributed by atoms with Gasteiger partial charge >= 0.3 is 0 Å². The molecule has 13 heavy (non-hydrogen) atoms. The summed E-state index contributed by atoms with van der Waals surface area (Å²) in [5.41, 5.74) is 0.0756. The fourth-order valence-electron chi connectivity index (χ4n) is 2.10. The molecule has 2 heteroatoms. The molecule has 0 saturated carbocycles. The van der Waals surface area contributed by atoms with Crippen molar-refractivity contribution in [2.75, 3.05) is 7.05 Å². The summed E-state index contributed by atoms with van der Waals surface area (Å²) in [6, 6.07) is 0. The second-order valence-electron chi connectivity index (χ2n) is 4.65. The van der Waals surface area contributed by atoms with Crippen molar-refractivity contribution in [1.82, 2.24) is 4.90 Å². The van der Waals surface area contributed by atoms with E-state index in [4.69, 9.17) is 0 Å². The first-order valence-corrected chi connectivity index (χ1v) is 5.26. The molecule has 1 amide bonds. The predicted octanol–water partition coefficient (Wildman–Crippen LogP) is 2.43. The van der Waals surface area contributed by atoms with Gasteiger partial charge in [0, 0.05) is 19.0 Å². The predicted molar refractivity (Wildman–Crippen MR) is 54.5 cm³/mol. The van der Waals surface area contributed by atoms with Crippen molar-refractivity contribution in [2.45, 2.75) is 52.0 Å². The summed E-state index contributed by atoms with van der Waals surface area (Å²) in [5, 5.41) is 0. The zero-order valence-electron chi connectivity index (χ0n) is 9.26. The first kappa shape index (κ1) is 10.6. The Labute approximate surface area is 81.3 Å². The van der Waals surface area contributed by atoms with Gasteiger partial charge in [-0.25, -0.2) is 0 Å². The summed E-state index contributed by atoms with van der Waals surface area (Å²) in [6.45, 7) is 6.56. The summed E-state index contributed by atoms with van der Waals surface area (Å²) in [4.78, 5) is 13.4. The van der Waals surface area contributed by atoms with Crippen LogP contribution in [0.2, 0.25) is 0 Å². The Morgan fingerprint density at radius 1 is 1.54 bits per heavy atom. The minimum absolute atomic E-state index is 0.0756. The molecule has 1 fully saturated rings. The average Bonchev–Trinajstić information content (AvgIpc) is 2.26. The summed E-state index contributed by atoms with van der Waals surface area (Å²) in [7, 11) is 1.92. The van der Waals surface area contributed by atoms with Crippen LogP contribution < -0.4 is 0 Å². The number of carbonyl (C=O) groups excluding carboxylic acids is 1. The van der Waals surface area contributed by atoms with Crippen LogP contribution in [-0.2, 0) is 4.79 Å². The number of rotatable bonds is 3. The van der Waals surface area contributed by atoms with Crippen LogP contribution in [0.15, 0.2) is 0 Å². The van der Waals surface area contributed by atoms with Crippen molar-refractivity contribution >= 4 is 5.91 Å². The van der Waals surface area contributed by atoms with Gasteiger partial charge in [-0.15, -0.1) is 0 Å². The molecule has 0 aromatic heterocycles. The Hall–Kier alpha value is -0.530. The molecule has 2 nitrogen and oxygen atoms in total. The van der Waals surface area contributed by atoms with Crippen LogP contribution in [0.5, 0.6) is 0 Å². The zero-order chi connectivity index (χ0) is 10.1. The third-order valence-corrected chi connectivity index (χ3v) is 3.56. The van der Waals surface area contributed by atoms with E-state index < -0.39 is 0 Å². The van der Waals surface area contributed by atoms with Crippen molar-refractivity contribution in [3.8, 4) is 0 Å². The number of nitrogens with zero attached hydrogens (tertiary/aromatic N) is 1. The molecule has 0 aliphatic carbocycles. The normalized spacial score (nSPS) is 26.9. The maximum atomic E-state index is 11.5. The van der Waals surface area contributed by atoms with Gasteiger partial charge in [0.1, 0.15) is 0 Å². The van der Waals surface area contributed by atoms with E-state index in [1.54, 1.807) is 0 Å². The minimum atomic E-state index is 0.0756. The summed E-state index contributed by atoms with van der Waals surface area (Å²) in [6.07, 6.45) is 4.42. The summed E-state index contributed by atoms with van der Waals surface area (Å²) in [5.74, 6) is 0.871. The first-order chi connectivity index (χ1) is 6.00. The monoisotopic (exact) mass is 183 g/mol. The van der Waals surface area contributed by atoms with Crippen LogP contribution in [0.4, 0.5) is 0 Å². The molecule has 76 valence electrons. The fraction of sp³-hybridized carbons (Fsp3) is 0.909. The van der Waals surface area contributed by atoms with Crippen molar-refractivity contribution < 1.29 is 4.79 Å². The molecule has 1 unspecified atom stereocenters. The van der Waals surface area contributed by atoms with Crippen molar-refractivity contribution in [3.05, 3.63) is 0 Å². The second-order valence-corrected chi connectivity index (χ2v) is 4.65. The Morgan fingerprint density at radius 3 is 2.54 bits per heavy atom. The SMILES string of the molecule is CCCCC1CC(=O)N(C)C1(C)C. The van der Waals surface area contributed by atoms with E-state index in [1.165, 1.54) is 19.3 Å². The number of amides is 1. The first-order valence-electron chi connectivity index (χ1n) is 5.26. The van der Waals surface area contributed by atoms with Crippen LogP contribution in [0.1, 0.15) is 46.5 Å². The van der Waals surface area contributed by atoms with Gasteiger partial charge in [0.05, 0.1) is 0 Å². The maximum absolute atomic E-state index is 11.5. The molecule has 0 aromatic carbocycles. The lowest BCUT2D eigenvalue weighted by Crippen LogP contribution is -2.41. The van der Waals surface area contributed by atoms with Gasteiger partial charge < -0.3 is 4.90 Å². The third kappa shape index (κ3) is 1.87. The van der Waals surface area contributed by atoms with Gasteiger partial charge in [0.15, 0.2) is 0 Å². The molecule has 0 radical (unpaired) electrons. The van der Waals surface area contributed by atoms with Crippen molar-refractivity contribution in [3.63, 3.8) is 0 Å². The molecule has 0 bridgehead atoms. The molecule has 0 N–H and O–H groups in total. The van der Waals surface area contributed by atoms with E-state index >= 15 is 0 Å². The Balaban J connectivity index is 2.61. The quantitative estimate of drug-likeness (QED) is 0.658. The van der Waals surface area contributed by atoms with Gasteiger partial charge in [0.2, 0.25) is 5.91 Å². The van der Waals surface area contributed by atoms with Gasteiger partial charge in [-0.3, -0.25) is 4.79 Å². The van der Waals surface area contributed by atoms with Crippen LogP contribution >= 0.6 is 0 Å². The second kappa shape index (κ2) is 3.69. The van der Waals surface area contributed by atoms with Crippen LogP contribution in [0.3, 0.4) is 0 Å². The lowest BCUT2D eigenvalue weighted by atomic mass is 9.85. The average molecular weight is 183 g/mol. The van der Waals surface area contributed by atoms with Gasteiger partial charge in [-0.2, -0.15) is 0 Å². The van der Waals surface area contributed by atoms with Crippen LogP contribution in [0.25, 0.3) is 0 Å². The van der Waals surface area contributed by atoms with E-state index in [1.807, 2.05) is 11.9 Å². The van der Waals surface area contributed by atoms with Crippen molar-refractivity contribution in [1.29, 1.82) is 0 Å². The Kier molecular flexibility index (Phi) is 2.99. The standard InChI is InChI=1S/C11H21NO/c1-5-6-7-9-8-10(13)12(4)11(9,2)3/h9H,5-8H2,1-4H3.